The van der Waals surface area contributed by atoms with Crippen molar-refractivity contribution in [1.82, 2.24) is 9.80 Å². The SMILES string of the molecule is CCN(CC)CCCN1C(=O)C(=O)C(=C(O)c2ccccc2)[C@H]1c1ccccc1F. The van der Waals surface area contributed by atoms with Crippen molar-refractivity contribution in [3.8, 4) is 0 Å². The summed E-state index contributed by atoms with van der Waals surface area (Å²) in [5.41, 5.74) is 0.552. The summed E-state index contributed by atoms with van der Waals surface area (Å²) in [6.45, 7) is 6.97. The van der Waals surface area contributed by atoms with E-state index in [1.807, 2.05) is 0 Å². The molecule has 0 spiro atoms. The minimum absolute atomic E-state index is 0.0702. The van der Waals surface area contributed by atoms with Gasteiger partial charge in [-0.3, -0.25) is 9.59 Å². The summed E-state index contributed by atoms with van der Waals surface area (Å²) < 4.78 is 14.7. The fourth-order valence-electron chi connectivity index (χ4n) is 3.89. The van der Waals surface area contributed by atoms with E-state index in [1.54, 1.807) is 48.5 Å². The first-order valence-electron chi connectivity index (χ1n) is 10.3. The molecule has 3 rings (SSSR count). The Kier molecular flexibility index (Phi) is 7.00. The minimum atomic E-state index is -0.955. The van der Waals surface area contributed by atoms with Crippen molar-refractivity contribution < 1.29 is 19.1 Å². The number of aliphatic hydroxyl groups is 1. The summed E-state index contributed by atoms with van der Waals surface area (Å²) in [5.74, 6) is -2.29. The van der Waals surface area contributed by atoms with Crippen LogP contribution in [-0.2, 0) is 9.59 Å². The Balaban J connectivity index is 2.03. The maximum Gasteiger partial charge on any atom is 0.295 e. The first kappa shape index (κ1) is 21.7. The number of hydrogen-bond donors (Lipinski definition) is 1. The van der Waals surface area contributed by atoms with Crippen molar-refractivity contribution in [3.63, 3.8) is 0 Å². The third-order valence-electron chi connectivity index (χ3n) is 5.55. The number of halogens is 1. The number of Topliss-reactive ketones (excluding diaryl/α,β-unsaturated/α-hetero) is 1. The molecule has 5 nitrogen and oxygen atoms in total. The van der Waals surface area contributed by atoms with E-state index >= 15 is 0 Å². The Morgan fingerprint density at radius 3 is 2.30 bits per heavy atom. The number of rotatable bonds is 8. The molecule has 158 valence electrons. The van der Waals surface area contributed by atoms with Gasteiger partial charge in [-0.1, -0.05) is 62.4 Å². The Morgan fingerprint density at radius 1 is 1.03 bits per heavy atom. The highest BCUT2D eigenvalue weighted by atomic mass is 19.1. The van der Waals surface area contributed by atoms with Gasteiger partial charge in [0.25, 0.3) is 11.7 Å². The van der Waals surface area contributed by atoms with Crippen molar-refractivity contribution in [2.24, 2.45) is 0 Å². The molecule has 0 radical (unpaired) electrons. The summed E-state index contributed by atoms with van der Waals surface area (Å²) in [6.07, 6.45) is 0.644. The van der Waals surface area contributed by atoms with E-state index in [0.29, 0.717) is 18.5 Å². The number of benzene rings is 2. The Morgan fingerprint density at radius 2 is 1.67 bits per heavy atom. The summed E-state index contributed by atoms with van der Waals surface area (Å²) in [5, 5.41) is 10.9. The maximum absolute atomic E-state index is 14.7. The van der Waals surface area contributed by atoms with Crippen LogP contribution in [0.3, 0.4) is 0 Å². The molecule has 6 heteroatoms. The van der Waals surface area contributed by atoms with E-state index in [4.69, 9.17) is 0 Å². The number of hydrogen-bond acceptors (Lipinski definition) is 4. The van der Waals surface area contributed by atoms with E-state index in [-0.39, 0.29) is 16.9 Å². The second kappa shape index (κ2) is 9.67. The van der Waals surface area contributed by atoms with Gasteiger partial charge in [0.05, 0.1) is 11.6 Å². The monoisotopic (exact) mass is 410 g/mol. The lowest BCUT2D eigenvalue weighted by Gasteiger charge is -2.27. The molecule has 0 aliphatic carbocycles. The fourth-order valence-corrected chi connectivity index (χ4v) is 3.89. The third-order valence-corrected chi connectivity index (χ3v) is 5.55. The quantitative estimate of drug-likeness (QED) is 0.406. The molecule has 0 aromatic heterocycles. The van der Waals surface area contributed by atoms with Gasteiger partial charge in [0.15, 0.2) is 0 Å². The number of carbonyl (C=O) groups excluding carboxylic acids is 2. The van der Waals surface area contributed by atoms with Crippen LogP contribution in [0, 0.1) is 5.82 Å². The Bertz CT molecular complexity index is 938. The minimum Gasteiger partial charge on any atom is -0.507 e. The van der Waals surface area contributed by atoms with Gasteiger partial charge >= 0.3 is 0 Å². The molecular formula is C24H27FN2O3. The van der Waals surface area contributed by atoms with Crippen LogP contribution in [0.4, 0.5) is 4.39 Å². The molecule has 1 heterocycles. The first-order valence-corrected chi connectivity index (χ1v) is 10.3. The zero-order valence-electron chi connectivity index (χ0n) is 17.3. The van der Waals surface area contributed by atoms with Crippen LogP contribution >= 0.6 is 0 Å². The topological polar surface area (TPSA) is 60.9 Å². The molecule has 2 aromatic rings. The zero-order valence-corrected chi connectivity index (χ0v) is 17.3. The van der Waals surface area contributed by atoms with Gasteiger partial charge in [0, 0.05) is 17.7 Å². The van der Waals surface area contributed by atoms with Gasteiger partial charge in [-0.05, 0) is 32.1 Å². The van der Waals surface area contributed by atoms with Crippen molar-refractivity contribution in [3.05, 3.63) is 77.1 Å². The molecule has 1 N–H and O–H groups in total. The first-order chi connectivity index (χ1) is 14.5. The molecule has 0 saturated carbocycles. The van der Waals surface area contributed by atoms with Gasteiger partial charge in [-0.15, -0.1) is 0 Å². The maximum atomic E-state index is 14.7. The van der Waals surface area contributed by atoms with Crippen molar-refractivity contribution in [2.45, 2.75) is 26.3 Å². The van der Waals surface area contributed by atoms with Crippen LogP contribution in [0.1, 0.15) is 37.4 Å². The third kappa shape index (κ3) is 4.28. The largest absolute Gasteiger partial charge is 0.507 e. The lowest BCUT2D eigenvalue weighted by molar-refractivity contribution is -0.140. The zero-order chi connectivity index (χ0) is 21.7. The summed E-state index contributed by atoms with van der Waals surface area (Å²) in [7, 11) is 0. The fraction of sp³-hybridized carbons (Fsp3) is 0.333. The van der Waals surface area contributed by atoms with Crippen LogP contribution in [0.5, 0.6) is 0 Å². The van der Waals surface area contributed by atoms with Crippen LogP contribution in [-0.4, -0.2) is 52.8 Å². The second-order valence-electron chi connectivity index (χ2n) is 7.26. The average Bonchev–Trinajstić information content (AvgIpc) is 3.02. The lowest BCUT2D eigenvalue weighted by Crippen LogP contribution is -2.33. The van der Waals surface area contributed by atoms with Crippen molar-refractivity contribution in [2.75, 3.05) is 26.2 Å². The van der Waals surface area contributed by atoms with E-state index < -0.39 is 23.5 Å². The molecule has 2 aromatic carbocycles. The highest BCUT2D eigenvalue weighted by Gasteiger charge is 2.46. The van der Waals surface area contributed by atoms with E-state index in [2.05, 4.69) is 18.7 Å². The normalized spacial score (nSPS) is 18.4. The molecule has 1 aliphatic heterocycles. The highest BCUT2D eigenvalue weighted by Crippen LogP contribution is 2.40. The summed E-state index contributed by atoms with van der Waals surface area (Å²) >= 11 is 0. The van der Waals surface area contributed by atoms with Gasteiger partial charge in [0.2, 0.25) is 0 Å². The number of amides is 1. The predicted octanol–water partition coefficient (Wildman–Crippen LogP) is 3.98. The predicted molar refractivity (Wildman–Crippen MR) is 114 cm³/mol. The summed E-state index contributed by atoms with van der Waals surface area (Å²) in [4.78, 5) is 29.4. The number of aliphatic hydroxyl groups excluding tert-OH is 1. The van der Waals surface area contributed by atoms with Crippen molar-refractivity contribution in [1.29, 1.82) is 0 Å². The molecule has 1 saturated heterocycles. The number of carbonyl (C=O) groups is 2. The van der Waals surface area contributed by atoms with Gasteiger partial charge in [-0.2, -0.15) is 0 Å². The molecule has 1 amide bonds. The van der Waals surface area contributed by atoms with Crippen LogP contribution in [0.2, 0.25) is 0 Å². The van der Waals surface area contributed by atoms with Crippen LogP contribution in [0.25, 0.3) is 5.76 Å². The smallest absolute Gasteiger partial charge is 0.295 e. The lowest BCUT2D eigenvalue weighted by atomic mass is 9.95. The highest BCUT2D eigenvalue weighted by molar-refractivity contribution is 6.46. The summed E-state index contributed by atoms with van der Waals surface area (Å²) in [6, 6.07) is 13.7. The van der Waals surface area contributed by atoms with E-state index in [0.717, 1.165) is 19.6 Å². The Hall–Kier alpha value is -2.99. The number of nitrogens with zero attached hydrogens (tertiary/aromatic N) is 2. The van der Waals surface area contributed by atoms with Crippen molar-refractivity contribution >= 4 is 17.4 Å². The average molecular weight is 410 g/mol. The van der Waals surface area contributed by atoms with Gasteiger partial charge < -0.3 is 14.9 Å². The van der Waals surface area contributed by atoms with E-state index in [9.17, 15) is 19.1 Å². The van der Waals surface area contributed by atoms with E-state index in [1.165, 1.54) is 11.0 Å². The van der Waals surface area contributed by atoms with Crippen LogP contribution in [0.15, 0.2) is 60.2 Å². The molecule has 0 bridgehead atoms. The molecular weight excluding hydrogens is 383 g/mol. The van der Waals surface area contributed by atoms with Gasteiger partial charge in [-0.25, -0.2) is 4.39 Å². The van der Waals surface area contributed by atoms with Gasteiger partial charge in [0.1, 0.15) is 11.6 Å². The number of ketones is 1. The number of likely N-dealkylation sites (tertiary alicyclic amines) is 1. The molecule has 0 unspecified atom stereocenters. The Labute approximate surface area is 176 Å². The molecule has 30 heavy (non-hydrogen) atoms. The molecule has 1 atom stereocenters. The molecule has 1 aliphatic rings. The standard InChI is InChI=1S/C24H27FN2O3/c1-3-26(4-2)15-10-16-27-21(18-13-8-9-14-19(18)25)20(23(29)24(27)30)22(28)17-11-6-5-7-12-17/h5-9,11-14,21,28H,3-4,10,15-16H2,1-2H3/t21-/m1/s1. The molecule has 1 fully saturated rings. The van der Waals surface area contributed by atoms with Crippen LogP contribution < -0.4 is 0 Å². The second-order valence-corrected chi connectivity index (χ2v) is 7.26.